The van der Waals surface area contributed by atoms with E-state index in [2.05, 4.69) is 20.5 Å². The first-order chi connectivity index (χ1) is 8.54. The Balaban J connectivity index is 2.17. The number of amides is 1. The third-order valence-electron chi connectivity index (χ3n) is 3.36. The second kappa shape index (κ2) is 5.45. The Morgan fingerprint density at radius 2 is 2.33 bits per heavy atom. The van der Waals surface area contributed by atoms with Crippen LogP contribution in [-0.2, 0) is 4.74 Å². The number of methoxy groups -OCH3 is 1. The molecule has 0 aromatic carbocycles. The molecule has 1 amide bonds. The zero-order valence-corrected chi connectivity index (χ0v) is 12.6. The van der Waals surface area contributed by atoms with Crippen LogP contribution in [-0.4, -0.2) is 42.2 Å². The van der Waals surface area contributed by atoms with Crippen LogP contribution in [0.4, 0.5) is 0 Å². The average Bonchev–Trinajstić information content (AvgIpc) is 3.11. The lowest BCUT2D eigenvalue weighted by molar-refractivity contribution is 0.0623. The first-order valence-electron chi connectivity index (χ1n) is 6.18. The molecule has 1 aromatic rings. The molecule has 1 unspecified atom stereocenters. The molecule has 1 heterocycles. The van der Waals surface area contributed by atoms with Gasteiger partial charge in [-0.25, -0.2) is 0 Å². The molecule has 0 bridgehead atoms. The van der Waals surface area contributed by atoms with Gasteiger partial charge in [-0.3, -0.25) is 4.79 Å². The summed E-state index contributed by atoms with van der Waals surface area (Å²) >= 11 is 3.45. The minimum atomic E-state index is 0.0529. The zero-order chi connectivity index (χ0) is 13.3. The minimum Gasteiger partial charge on any atom is -0.383 e. The number of carbonyl (C=O) groups excluding carboxylic acids is 1. The van der Waals surface area contributed by atoms with E-state index in [4.69, 9.17) is 4.74 Å². The molecule has 1 aliphatic carbocycles. The van der Waals surface area contributed by atoms with Gasteiger partial charge in [0, 0.05) is 30.9 Å². The third-order valence-corrected chi connectivity index (χ3v) is 3.80. The Morgan fingerprint density at radius 1 is 1.67 bits per heavy atom. The van der Waals surface area contributed by atoms with E-state index < -0.39 is 0 Å². The predicted molar refractivity (Wildman–Crippen MR) is 73.8 cm³/mol. The van der Waals surface area contributed by atoms with Crippen LogP contribution >= 0.6 is 15.9 Å². The first kappa shape index (κ1) is 13.6. The van der Waals surface area contributed by atoms with Crippen molar-refractivity contribution >= 4 is 21.8 Å². The minimum absolute atomic E-state index is 0.0529. The Kier molecular flexibility index (Phi) is 4.12. The van der Waals surface area contributed by atoms with E-state index in [1.54, 1.807) is 12.0 Å². The van der Waals surface area contributed by atoms with Crippen LogP contribution in [0.3, 0.4) is 0 Å². The molecule has 18 heavy (non-hydrogen) atoms. The number of likely N-dealkylation sites (N-methyl/N-ethyl adjacent to an activating group) is 1. The van der Waals surface area contributed by atoms with Gasteiger partial charge in [0.1, 0.15) is 5.69 Å². The van der Waals surface area contributed by atoms with Gasteiger partial charge in [-0.05, 0) is 41.8 Å². The summed E-state index contributed by atoms with van der Waals surface area (Å²) in [5, 5.41) is 0. The summed E-state index contributed by atoms with van der Waals surface area (Å²) in [6.07, 6.45) is 4.33. The quantitative estimate of drug-likeness (QED) is 0.837. The van der Waals surface area contributed by atoms with Crippen LogP contribution in [0.5, 0.6) is 0 Å². The van der Waals surface area contributed by atoms with E-state index in [-0.39, 0.29) is 11.9 Å². The van der Waals surface area contributed by atoms with Crippen molar-refractivity contribution in [2.24, 2.45) is 0 Å². The fraction of sp³-hybridized carbons (Fsp3) is 0.615. The molecule has 2 rings (SSSR count). The van der Waals surface area contributed by atoms with Crippen LogP contribution in [0.15, 0.2) is 16.7 Å². The molecule has 1 aromatic heterocycles. The average molecular weight is 315 g/mol. The molecule has 1 saturated carbocycles. The van der Waals surface area contributed by atoms with Crippen molar-refractivity contribution in [1.29, 1.82) is 0 Å². The first-order valence-corrected chi connectivity index (χ1v) is 6.97. The summed E-state index contributed by atoms with van der Waals surface area (Å²) in [4.78, 5) is 14.2. The molecular weight excluding hydrogens is 296 g/mol. The maximum atomic E-state index is 12.5. The lowest BCUT2D eigenvalue weighted by Gasteiger charge is -2.24. The number of hydrogen-bond acceptors (Lipinski definition) is 2. The predicted octanol–water partition coefficient (Wildman–Crippen LogP) is 2.69. The van der Waals surface area contributed by atoms with E-state index in [1.807, 2.05) is 26.2 Å². The molecule has 100 valence electrons. The molecule has 5 heteroatoms. The molecule has 0 N–H and O–H groups in total. The van der Waals surface area contributed by atoms with Crippen molar-refractivity contribution in [1.82, 2.24) is 9.47 Å². The smallest absolute Gasteiger partial charge is 0.270 e. The van der Waals surface area contributed by atoms with Gasteiger partial charge in [0.05, 0.1) is 12.6 Å². The molecule has 1 aliphatic rings. The van der Waals surface area contributed by atoms with E-state index in [0.717, 1.165) is 10.2 Å². The number of ether oxygens (including phenoxy) is 1. The fourth-order valence-electron chi connectivity index (χ4n) is 2.01. The van der Waals surface area contributed by atoms with Gasteiger partial charge in [-0.2, -0.15) is 0 Å². The van der Waals surface area contributed by atoms with Crippen molar-refractivity contribution in [2.45, 2.75) is 31.8 Å². The second-order valence-corrected chi connectivity index (χ2v) is 5.82. The molecule has 0 radical (unpaired) electrons. The summed E-state index contributed by atoms with van der Waals surface area (Å²) in [7, 11) is 3.47. The molecule has 1 atom stereocenters. The molecule has 1 fully saturated rings. The Hall–Kier alpha value is -0.810. The number of hydrogen-bond donors (Lipinski definition) is 0. The maximum absolute atomic E-state index is 12.5. The SMILES string of the molecule is COCC(C)N(C)C(=O)c1cc(Br)cn1C1CC1. The van der Waals surface area contributed by atoms with Crippen molar-refractivity contribution in [2.75, 3.05) is 20.8 Å². The molecular formula is C13H19BrN2O2. The summed E-state index contributed by atoms with van der Waals surface area (Å²) in [6.45, 7) is 2.54. The summed E-state index contributed by atoms with van der Waals surface area (Å²) in [6, 6.07) is 2.47. The number of rotatable bonds is 5. The van der Waals surface area contributed by atoms with Crippen LogP contribution in [0, 0.1) is 0 Å². The van der Waals surface area contributed by atoms with E-state index >= 15 is 0 Å². The zero-order valence-electron chi connectivity index (χ0n) is 11.0. The van der Waals surface area contributed by atoms with Crippen molar-refractivity contribution in [3.05, 3.63) is 22.4 Å². The monoisotopic (exact) mass is 314 g/mol. The number of carbonyl (C=O) groups is 1. The molecule has 4 nitrogen and oxygen atoms in total. The standard InChI is InChI=1S/C13H19BrN2O2/c1-9(8-18-3)15(2)13(17)12-6-10(14)7-16(12)11-4-5-11/h6-7,9,11H,4-5,8H2,1-3H3. The highest BCUT2D eigenvalue weighted by Gasteiger charge is 2.29. The Bertz CT molecular complexity index is 440. The molecule has 0 aliphatic heterocycles. The normalized spacial score (nSPS) is 16.7. The Labute approximate surface area is 116 Å². The summed E-state index contributed by atoms with van der Waals surface area (Å²) < 4.78 is 8.15. The van der Waals surface area contributed by atoms with Crippen LogP contribution in [0.2, 0.25) is 0 Å². The van der Waals surface area contributed by atoms with E-state index in [9.17, 15) is 4.79 Å². The van der Waals surface area contributed by atoms with E-state index in [1.165, 1.54) is 12.8 Å². The lowest BCUT2D eigenvalue weighted by Crippen LogP contribution is -2.38. The maximum Gasteiger partial charge on any atom is 0.270 e. The van der Waals surface area contributed by atoms with Gasteiger partial charge in [0.25, 0.3) is 5.91 Å². The van der Waals surface area contributed by atoms with Gasteiger partial charge in [0.2, 0.25) is 0 Å². The van der Waals surface area contributed by atoms with Gasteiger partial charge >= 0.3 is 0 Å². The summed E-state index contributed by atoms with van der Waals surface area (Å²) in [5.74, 6) is 0.0529. The Morgan fingerprint density at radius 3 is 2.89 bits per heavy atom. The summed E-state index contributed by atoms with van der Waals surface area (Å²) in [5.41, 5.74) is 0.759. The second-order valence-electron chi connectivity index (χ2n) is 4.90. The van der Waals surface area contributed by atoms with Crippen molar-refractivity contribution in [3.63, 3.8) is 0 Å². The highest BCUT2D eigenvalue weighted by atomic mass is 79.9. The topological polar surface area (TPSA) is 34.5 Å². The third kappa shape index (κ3) is 2.78. The molecule has 0 spiro atoms. The number of aromatic nitrogens is 1. The largest absolute Gasteiger partial charge is 0.383 e. The van der Waals surface area contributed by atoms with E-state index in [0.29, 0.717) is 12.6 Å². The highest BCUT2D eigenvalue weighted by Crippen LogP contribution is 2.37. The van der Waals surface area contributed by atoms with Gasteiger partial charge in [0.15, 0.2) is 0 Å². The van der Waals surface area contributed by atoms with Crippen molar-refractivity contribution < 1.29 is 9.53 Å². The molecule has 0 saturated heterocycles. The number of halogens is 1. The van der Waals surface area contributed by atoms with Crippen LogP contribution in [0.1, 0.15) is 36.3 Å². The van der Waals surface area contributed by atoms with Crippen LogP contribution in [0.25, 0.3) is 0 Å². The van der Waals surface area contributed by atoms with Gasteiger partial charge in [-0.1, -0.05) is 0 Å². The number of nitrogens with zero attached hydrogens (tertiary/aromatic N) is 2. The van der Waals surface area contributed by atoms with Crippen molar-refractivity contribution in [3.8, 4) is 0 Å². The fourth-order valence-corrected chi connectivity index (χ4v) is 2.44. The highest BCUT2D eigenvalue weighted by molar-refractivity contribution is 9.10. The lowest BCUT2D eigenvalue weighted by atomic mass is 10.2. The van der Waals surface area contributed by atoms with Crippen LogP contribution < -0.4 is 0 Å². The van der Waals surface area contributed by atoms with Gasteiger partial charge < -0.3 is 14.2 Å². The van der Waals surface area contributed by atoms with Gasteiger partial charge in [-0.15, -0.1) is 0 Å².